The average molecular weight is 463 g/mol. The van der Waals surface area contributed by atoms with E-state index in [4.69, 9.17) is 4.84 Å². The van der Waals surface area contributed by atoms with E-state index in [1.807, 2.05) is 13.0 Å². The third kappa shape index (κ3) is 6.70. The first kappa shape index (κ1) is 23.7. The summed E-state index contributed by atoms with van der Waals surface area (Å²) in [6.45, 7) is 12.6. The second-order valence-corrected chi connectivity index (χ2v) is 9.96. The zero-order chi connectivity index (χ0) is 21.6. The van der Waals surface area contributed by atoms with Gasteiger partial charge in [0.25, 0.3) is 5.91 Å². The van der Waals surface area contributed by atoms with Gasteiger partial charge in [0, 0.05) is 15.8 Å². The molecule has 2 atom stereocenters. The monoisotopic (exact) mass is 462 g/mol. The van der Waals surface area contributed by atoms with Gasteiger partial charge in [0.05, 0.1) is 6.04 Å². The normalized spacial score (nSPS) is 18.2. The summed E-state index contributed by atoms with van der Waals surface area (Å²) in [4.78, 5) is 18.8. The van der Waals surface area contributed by atoms with E-state index in [1.165, 1.54) is 5.56 Å². The Hall–Kier alpha value is -1.62. The van der Waals surface area contributed by atoms with Crippen molar-refractivity contribution in [1.82, 2.24) is 5.32 Å². The molecule has 1 aromatic rings. The fourth-order valence-electron chi connectivity index (χ4n) is 3.50. The Balaban J connectivity index is 2.21. The molecule has 1 aromatic carbocycles. The molecule has 2 rings (SSSR count). The second-order valence-electron chi connectivity index (χ2n) is 9.05. The van der Waals surface area contributed by atoms with E-state index in [-0.39, 0.29) is 23.3 Å². The number of benzene rings is 1. The Morgan fingerprint density at radius 3 is 2.69 bits per heavy atom. The second kappa shape index (κ2) is 10.4. The highest BCUT2D eigenvalue weighted by Crippen LogP contribution is 2.30. The van der Waals surface area contributed by atoms with E-state index in [9.17, 15) is 4.79 Å². The molecule has 160 valence electrons. The maximum atomic E-state index is 13.2. The van der Waals surface area contributed by atoms with Crippen LogP contribution in [0.25, 0.3) is 0 Å². The zero-order valence-electron chi connectivity index (χ0n) is 18.6. The van der Waals surface area contributed by atoms with Gasteiger partial charge in [-0.1, -0.05) is 81.0 Å². The summed E-state index contributed by atoms with van der Waals surface area (Å²) in [7, 11) is 0. The van der Waals surface area contributed by atoms with Crippen LogP contribution in [-0.4, -0.2) is 11.6 Å². The lowest BCUT2D eigenvalue weighted by Crippen LogP contribution is -2.37. The number of carbonyl (C=O) groups excluding carboxylic acids is 1. The van der Waals surface area contributed by atoms with Gasteiger partial charge in [0.2, 0.25) is 0 Å². The summed E-state index contributed by atoms with van der Waals surface area (Å²) < 4.78 is 1.05. The van der Waals surface area contributed by atoms with Crippen LogP contribution >= 0.6 is 15.9 Å². The Morgan fingerprint density at radius 2 is 2.07 bits per heavy atom. The van der Waals surface area contributed by atoms with Crippen LogP contribution in [0.4, 0.5) is 0 Å². The molecule has 1 heterocycles. The number of hydrogen-bond acceptors (Lipinski definition) is 3. The van der Waals surface area contributed by atoms with Gasteiger partial charge in [0.1, 0.15) is 11.5 Å². The maximum Gasteiger partial charge on any atom is 0.269 e. The van der Waals surface area contributed by atoms with Crippen LogP contribution in [0, 0.1) is 18.3 Å². The highest BCUT2D eigenvalue weighted by molar-refractivity contribution is 9.10. The van der Waals surface area contributed by atoms with E-state index in [0.29, 0.717) is 5.71 Å². The molecular weight excluding hydrogens is 428 g/mol. The smallest absolute Gasteiger partial charge is 0.269 e. The maximum absolute atomic E-state index is 13.2. The minimum atomic E-state index is -0.134. The van der Waals surface area contributed by atoms with Crippen molar-refractivity contribution < 1.29 is 9.63 Å². The van der Waals surface area contributed by atoms with Crippen molar-refractivity contribution in [2.45, 2.75) is 79.7 Å². The van der Waals surface area contributed by atoms with Gasteiger partial charge in [-0.25, -0.2) is 0 Å². The fourth-order valence-corrected chi connectivity index (χ4v) is 3.97. The van der Waals surface area contributed by atoms with Crippen molar-refractivity contribution in [1.29, 1.82) is 0 Å². The number of aryl methyl sites for hydroxylation is 1. The van der Waals surface area contributed by atoms with E-state index in [1.54, 1.807) is 0 Å². The van der Waals surface area contributed by atoms with Crippen LogP contribution in [0.3, 0.4) is 0 Å². The molecule has 0 spiro atoms. The first-order valence-corrected chi connectivity index (χ1v) is 11.4. The highest BCUT2D eigenvalue weighted by atomic mass is 79.9. The summed E-state index contributed by atoms with van der Waals surface area (Å²) >= 11 is 3.53. The number of unbranched alkanes of at least 4 members (excludes halogenated alkanes) is 2. The molecule has 2 unspecified atom stereocenters. The van der Waals surface area contributed by atoms with Gasteiger partial charge in [-0.05, 0) is 49.1 Å². The largest absolute Gasteiger partial charge is 0.361 e. The van der Waals surface area contributed by atoms with Crippen LogP contribution in [0.15, 0.2) is 39.7 Å². The lowest BCUT2D eigenvalue weighted by molar-refractivity contribution is -0.116. The standard InChI is InChI=1S/C24H35BrN2O2/c1-7-8-9-10-20(19-13-12-18(25)15-17(19)3)26-23(28)22-16(2)11-14-21(29-27-22)24(4,5)6/h12-16,20H,7-11H2,1-6H3,(H,26,28). The predicted octanol–water partition coefficient (Wildman–Crippen LogP) is 6.84. The van der Waals surface area contributed by atoms with Crippen molar-refractivity contribution >= 4 is 27.5 Å². The number of oxime groups is 1. The Kier molecular flexibility index (Phi) is 8.50. The molecule has 0 saturated heterocycles. The number of carbonyl (C=O) groups is 1. The number of rotatable bonds is 7. The molecular formula is C24H35BrN2O2. The lowest BCUT2D eigenvalue weighted by Gasteiger charge is -2.22. The fraction of sp³-hybridized carbons (Fsp3) is 0.583. The van der Waals surface area contributed by atoms with Crippen molar-refractivity contribution in [3.8, 4) is 0 Å². The number of halogens is 1. The zero-order valence-corrected chi connectivity index (χ0v) is 20.2. The molecule has 0 radical (unpaired) electrons. The quantitative estimate of drug-likeness (QED) is 0.450. The predicted molar refractivity (Wildman–Crippen MR) is 124 cm³/mol. The van der Waals surface area contributed by atoms with E-state index >= 15 is 0 Å². The number of nitrogens with zero attached hydrogens (tertiary/aromatic N) is 1. The molecule has 1 N–H and O–H groups in total. The Bertz CT molecular complexity index is 778. The SMILES string of the molecule is CCCCCC(NC(=O)C1=NOC(C(C)(C)C)=CCC1C)c1ccc(Br)cc1C. The van der Waals surface area contributed by atoms with Crippen molar-refractivity contribution in [3.05, 3.63) is 45.6 Å². The first-order chi connectivity index (χ1) is 13.6. The third-order valence-corrected chi connectivity index (χ3v) is 5.84. The van der Waals surface area contributed by atoms with Crippen molar-refractivity contribution in [2.24, 2.45) is 16.5 Å². The topological polar surface area (TPSA) is 50.7 Å². The minimum Gasteiger partial charge on any atom is -0.361 e. The lowest BCUT2D eigenvalue weighted by atomic mass is 9.91. The number of amides is 1. The van der Waals surface area contributed by atoms with Crippen LogP contribution in [-0.2, 0) is 9.63 Å². The molecule has 0 bridgehead atoms. The summed E-state index contributed by atoms with van der Waals surface area (Å²) in [5.74, 6) is 0.692. The van der Waals surface area contributed by atoms with Gasteiger partial charge in [-0.3, -0.25) is 4.79 Å². The number of hydrogen-bond donors (Lipinski definition) is 1. The summed E-state index contributed by atoms with van der Waals surface area (Å²) in [5.41, 5.74) is 2.67. The summed E-state index contributed by atoms with van der Waals surface area (Å²) in [6, 6.07) is 6.21. The molecule has 0 aliphatic carbocycles. The van der Waals surface area contributed by atoms with Gasteiger partial charge in [0.15, 0.2) is 0 Å². The molecule has 5 heteroatoms. The summed E-state index contributed by atoms with van der Waals surface area (Å²) in [5, 5.41) is 7.51. The molecule has 1 aliphatic heterocycles. The Labute approximate surface area is 184 Å². The van der Waals surface area contributed by atoms with E-state index in [2.05, 4.69) is 79.2 Å². The molecule has 0 saturated carbocycles. The summed E-state index contributed by atoms with van der Waals surface area (Å²) in [6.07, 6.45) is 7.10. The van der Waals surface area contributed by atoms with Gasteiger partial charge >= 0.3 is 0 Å². The molecule has 1 aliphatic rings. The van der Waals surface area contributed by atoms with E-state index in [0.717, 1.165) is 47.9 Å². The van der Waals surface area contributed by atoms with Gasteiger partial charge in [-0.15, -0.1) is 0 Å². The highest BCUT2D eigenvalue weighted by Gasteiger charge is 2.28. The molecule has 4 nitrogen and oxygen atoms in total. The van der Waals surface area contributed by atoms with Crippen LogP contribution < -0.4 is 5.32 Å². The Morgan fingerprint density at radius 1 is 1.34 bits per heavy atom. The van der Waals surface area contributed by atoms with Crippen molar-refractivity contribution in [3.63, 3.8) is 0 Å². The molecule has 0 fully saturated rings. The third-order valence-electron chi connectivity index (χ3n) is 5.35. The number of nitrogens with one attached hydrogen (secondary N) is 1. The van der Waals surface area contributed by atoms with Crippen LogP contribution in [0.1, 0.15) is 83.9 Å². The molecule has 0 aromatic heterocycles. The minimum absolute atomic E-state index is 0.0113. The van der Waals surface area contributed by atoms with Crippen molar-refractivity contribution in [2.75, 3.05) is 0 Å². The molecule has 29 heavy (non-hydrogen) atoms. The average Bonchev–Trinajstić information content (AvgIpc) is 2.83. The number of allylic oxidation sites excluding steroid dienone is 2. The van der Waals surface area contributed by atoms with Gasteiger partial charge < -0.3 is 10.2 Å². The van der Waals surface area contributed by atoms with Gasteiger partial charge in [-0.2, -0.15) is 0 Å². The first-order valence-electron chi connectivity index (χ1n) is 10.7. The van der Waals surface area contributed by atoms with Crippen LogP contribution in [0.2, 0.25) is 0 Å². The van der Waals surface area contributed by atoms with Crippen LogP contribution in [0.5, 0.6) is 0 Å². The molecule has 1 amide bonds. The van der Waals surface area contributed by atoms with E-state index < -0.39 is 0 Å².